The number of hydrogen-bond donors (Lipinski definition) is 1. The second-order valence-corrected chi connectivity index (χ2v) is 5.32. The lowest BCUT2D eigenvalue weighted by Crippen LogP contribution is -2.52. The molecule has 0 aromatic heterocycles. The quantitative estimate of drug-likeness (QED) is 0.486. The maximum Gasteiger partial charge on any atom is 0.372 e. The van der Waals surface area contributed by atoms with Crippen LogP contribution in [0.4, 0.5) is 0 Å². The minimum atomic E-state index is -1.94. The van der Waals surface area contributed by atoms with Crippen LogP contribution in [0.5, 0.6) is 0 Å². The normalized spacial score (nSPS) is 20.0. The molecule has 116 valence electrons. The second-order valence-electron chi connectivity index (χ2n) is 5.32. The molecule has 22 heavy (non-hydrogen) atoms. The Balaban J connectivity index is 1.98. The van der Waals surface area contributed by atoms with Crippen molar-refractivity contribution in [3.8, 4) is 0 Å². The molecule has 2 aliphatic heterocycles. The lowest BCUT2D eigenvalue weighted by atomic mass is 10.00. The monoisotopic (exact) mass is 305 g/mol. The van der Waals surface area contributed by atoms with Gasteiger partial charge in [-0.15, -0.1) is 0 Å². The lowest BCUT2D eigenvalue weighted by molar-refractivity contribution is -0.146. The highest BCUT2D eigenvalue weighted by Gasteiger charge is 2.67. The molecule has 0 radical (unpaired) electrons. The predicted octanol–water partition coefficient (Wildman–Crippen LogP) is 1.58. The van der Waals surface area contributed by atoms with Crippen LogP contribution in [0.15, 0.2) is 24.3 Å². The summed E-state index contributed by atoms with van der Waals surface area (Å²) in [5.41, 5.74) is 0.547. The van der Waals surface area contributed by atoms with E-state index in [1.165, 1.54) is 0 Å². The Morgan fingerprint density at radius 1 is 1.23 bits per heavy atom. The number of nitrogens with zero attached hydrogens (tertiary/aromatic N) is 1. The molecule has 0 saturated carbocycles. The van der Waals surface area contributed by atoms with Crippen molar-refractivity contribution in [3.05, 3.63) is 35.4 Å². The number of carbonyl (C=O) groups excluding carboxylic acids is 2. The Morgan fingerprint density at radius 2 is 1.77 bits per heavy atom. The fourth-order valence-electron chi connectivity index (χ4n) is 2.75. The summed E-state index contributed by atoms with van der Waals surface area (Å²) in [5.74, 6) is -4.31. The maximum absolute atomic E-state index is 12.5. The average molecular weight is 305 g/mol. The number of carbonyl (C=O) groups is 3. The number of imide groups is 1. The summed E-state index contributed by atoms with van der Waals surface area (Å²) in [5, 5.41) is 9.32. The van der Waals surface area contributed by atoms with E-state index in [1.807, 2.05) is 6.92 Å². The van der Waals surface area contributed by atoms with Gasteiger partial charge in [0, 0.05) is 0 Å². The Labute approximate surface area is 126 Å². The third-order valence-electron chi connectivity index (χ3n) is 3.97. The lowest BCUT2D eigenvalue weighted by Gasteiger charge is -2.26. The van der Waals surface area contributed by atoms with Gasteiger partial charge in [-0.25, -0.2) is 4.79 Å². The summed E-state index contributed by atoms with van der Waals surface area (Å²) in [7, 11) is 0. The van der Waals surface area contributed by atoms with Gasteiger partial charge >= 0.3 is 11.8 Å². The van der Waals surface area contributed by atoms with E-state index in [0.29, 0.717) is 12.8 Å². The number of amides is 2. The molecule has 0 bridgehead atoms. The molecule has 2 aliphatic rings. The Hall–Kier alpha value is -2.25. The van der Waals surface area contributed by atoms with Gasteiger partial charge in [0.05, 0.1) is 11.1 Å². The van der Waals surface area contributed by atoms with E-state index in [4.69, 9.17) is 0 Å². The maximum atomic E-state index is 12.5. The number of unbranched alkanes of at least 4 members (excludes halogenated alkanes) is 1. The van der Waals surface area contributed by atoms with E-state index in [2.05, 4.69) is 9.78 Å². The fourth-order valence-corrected chi connectivity index (χ4v) is 2.75. The van der Waals surface area contributed by atoms with Gasteiger partial charge in [0.15, 0.2) is 0 Å². The molecule has 1 saturated heterocycles. The summed E-state index contributed by atoms with van der Waals surface area (Å²) in [6, 6.07) is 5.43. The van der Waals surface area contributed by atoms with Crippen LogP contribution < -0.4 is 0 Å². The van der Waals surface area contributed by atoms with Crippen molar-refractivity contribution in [2.45, 2.75) is 38.0 Å². The number of fused-ring (bicyclic) bond motifs is 1. The first-order valence-electron chi connectivity index (χ1n) is 7.10. The Bertz CT molecular complexity index is 616. The molecule has 1 aromatic carbocycles. The van der Waals surface area contributed by atoms with Gasteiger partial charge in [0.2, 0.25) is 0 Å². The zero-order chi connectivity index (χ0) is 15.9. The van der Waals surface area contributed by atoms with Gasteiger partial charge in [-0.3, -0.25) is 14.5 Å². The fraction of sp³-hybridized carbons (Fsp3) is 0.400. The van der Waals surface area contributed by atoms with Gasteiger partial charge in [-0.05, 0) is 18.6 Å². The van der Waals surface area contributed by atoms with E-state index in [1.54, 1.807) is 24.3 Å². The highest BCUT2D eigenvalue weighted by molar-refractivity contribution is 6.21. The van der Waals surface area contributed by atoms with Crippen molar-refractivity contribution >= 4 is 17.8 Å². The third-order valence-corrected chi connectivity index (χ3v) is 3.97. The molecule has 7 heteroatoms. The van der Waals surface area contributed by atoms with Gasteiger partial charge in [-0.1, -0.05) is 31.9 Å². The largest absolute Gasteiger partial charge is 0.477 e. The van der Waals surface area contributed by atoms with Crippen molar-refractivity contribution in [3.63, 3.8) is 0 Å². The van der Waals surface area contributed by atoms with Crippen molar-refractivity contribution in [1.82, 2.24) is 4.90 Å². The van der Waals surface area contributed by atoms with E-state index in [9.17, 15) is 19.5 Å². The number of aliphatic carboxylic acids is 1. The van der Waals surface area contributed by atoms with Crippen molar-refractivity contribution in [2.24, 2.45) is 0 Å². The minimum Gasteiger partial charge on any atom is -0.477 e. The summed E-state index contributed by atoms with van der Waals surface area (Å²) < 4.78 is 0. The highest BCUT2D eigenvalue weighted by atomic mass is 17.4. The van der Waals surface area contributed by atoms with Gasteiger partial charge in [0.25, 0.3) is 11.8 Å². The van der Waals surface area contributed by atoms with Crippen LogP contribution in [-0.4, -0.2) is 39.6 Å². The van der Waals surface area contributed by atoms with Gasteiger partial charge < -0.3 is 5.11 Å². The van der Waals surface area contributed by atoms with Crippen LogP contribution in [0, 0.1) is 0 Å². The van der Waals surface area contributed by atoms with E-state index < -0.39 is 29.6 Å². The molecule has 1 N–H and O–H groups in total. The van der Waals surface area contributed by atoms with Crippen LogP contribution in [-0.2, 0) is 14.6 Å². The molecule has 1 atom stereocenters. The van der Waals surface area contributed by atoms with Crippen molar-refractivity contribution < 1.29 is 29.3 Å². The third kappa shape index (κ3) is 2.01. The van der Waals surface area contributed by atoms with Crippen molar-refractivity contribution in [1.29, 1.82) is 0 Å². The molecule has 3 rings (SSSR count). The molecule has 1 fully saturated rings. The first kappa shape index (κ1) is 14.7. The van der Waals surface area contributed by atoms with Crippen LogP contribution >= 0.6 is 0 Å². The molecule has 0 spiro atoms. The van der Waals surface area contributed by atoms with E-state index in [0.717, 1.165) is 11.3 Å². The van der Waals surface area contributed by atoms with Gasteiger partial charge in [0.1, 0.15) is 6.04 Å². The molecule has 1 unspecified atom stereocenters. The SMILES string of the molecule is CCCCC(N1C(=O)c2ccccc2C1=O)C1(C(=O)O)OO1. The molecule has 7 nitrogen and oxygen atoms in total. The number of hydrogen-bond acceptors (Lipinski definition) is 5. The minimum absolute atomic E-state index is 0.273. The van der Waals surface area contributed by atoms with E-state index >= 15 is 0 Å². The zero-order valence-electron chi connectivity index (χ0n) is 11.9. The molecule has 0 aliphatic carbocycles. The number of carboxylic acids is 1. The summed E-state index contributed by atoms with van der Waals surface area (Å²) >= 11 is 0. The van der Waals surface area contributed by atoms with Crippen LogP contribution in [0.2, 0.25) is 0 Å². The topological polar surface area (TPSA) is 99.7 Å². The summed E-state index contributed by atoms with van der Waals surface area (Å²) in [6.07, 6.45) is 1.73. The van der Waals surface area contributed by atoms with Gasteiger partial charge in [-0.2, -0.15) is 9.78 Å². The van der Waals surface area contributed by atoms with Crippen LogP contribution in [0.3, 0.4) is 0 Å². The van der Waals surface area contributed by atoms with E-state index in [-0.39, 0.29) is 11.1 Å². The number of carboxylic acid groups (broad SMARTS) is 1. The molecule has 2 amide bonds. The molecule has 2 heterocycles. The van der Waals surface area contributed by atoms with Crippen molar-refractivity contribution in [2.75, 3.05) is 0 Å². The first-order chi connectivity index (χ1) is 10.5. The highest BCUT2D eigenvalue weighted by Crippen LogP contribution is 2.41. The molecule has 1 aromatic rings. The first-order valence-corrected chi connectivity index (χ1v) is 7.10. The molecular weight excluding hydrogens is 290 g/mol. The number of benzene rings is 1. The Morgan fingerprint density at radius 3 is 2.18 bits per heavy atom. The summed E-state index contributed by atoms with van der Waals surface area (Å²) in [6.45, 7) is 1.93. The predicted molar refractivity (Wildman–Crippen MR) is 72.8 cm³/mol. The average Bonchev–Trinajstić information content (AvgIpc) is 3.28. The second kappa shape index (κ2) is 5.19. The zero-order valence-corrected chi connectivity index (χ0v) is 11.9. The number of rotatable bonds is 6. The summed E-state index contributed by atoms with van der Waals surface area (Å²) in [4.78, 5) is 46.8. The Kier molecular flexibility index (Phi) is 3.46. The van der Waals surface area contributed by atoms with Crippen LogP contribution in [0.25, 0.3) is 0 Å². The molecular formula is C15H15NO6. The van der Waals surface area contributed by atoms with Crippen LogP contribution in [0.1, 0.15) is 46.9 Å². The smallest absolute Gasteiger partial charge is 0.372 e. The standard InChI is InChI=1S/C15H15NO6/c1-2-3-8-11(15(14(19)20)21-22-15)16-12(17)9-6-4-5-7-10(9)13(16)18/h4-7,11H,2-3,8H2,1H3,(H,19,20).